The minimum Gasteiger partial charge on any atom is -0.493 e. The van der Waals surface area contributed by atoms with Crippen LogP contribution in [0, 0.1) is 5.92 Å². The molecular formula is C14H23NO. The molecule has 1 aromatic rings. The molecule has 0 heterocycles. The van der Waals surface area contributed by atoms with E-state index in [-0.39, 0.29) is 0 Å². The summed E-state index contributed by atoms with van der Waals surface area (Å²) in [6.45, 7) is 10.4. The van der Waals surface area contributed by atoms with E-state index in [2.05, 4.69) is 51.2 Å². The van der Waals surface area contributed by atoms with Gasteiger partial charge in [0.15, 0.2) is 0 Å². The van der Waals surface area contributed by atoms with E-state index in [1.165, 1.54) is 5.56 Å². The molecule has 0 amide bonds. The zero-order chi connectivity index (χ0) is 12.0. The van der Waals surface area contributed by atoms with Gasteiger partial charge in [0.2, 0.25) is 0 Å². The first-order valence-electron chi connectivity index (χ1n) is 6.09. The van der Waals surface area contributed by atoms with Crippen molar-refractivity contribution < 1.29 is 4.74 Å². The Balaban J connectivity index is 2.63. The van der Waals surface area contributed by atoms with Crippen LogP contribution in [0.5, 0.6) is 5.75 Å². The van der Waals surface area contributed by atoms with E-state index < -0.39 is 0 Å². The molecule has 16 heavy (non-hydrogen) atoms. The zero-order valence-corrected chi connectivity index (χ0v) is 10.8. The Morgan fingerprint density at radius 1 is 1.25 bits per heavy atom. The Morgan fingerprint density at radius 2 is 2.00 bits per heavy atom. The first-order chi connectivity index (χ1) is 7.63. The Labute approximate surface area is 99.0 Å². The topological polar surface area (TPSA) is 21.3 Å². The van der Waals surface area contributed by atoms with Gasteiger partial charge in [-0.25, -0.2) is 0 Å². The highest BCUT2D eigenvalue weighted by Crippen LogP contribution is 2.19. The minimum atomic E-state index is 0.382. The highest BCUT2D eigenvalue weighted by molar-refractivity contribution is 5.30. The molecule has 1 rings (SSSR count). The SMILES string of the molecule is CCNC(C)c1cccc(OCC(C)C)c1. The van der Waals surface area contributed by atoms with Crippen molar-refractivity contribution in [1.82, 2.24) is 5.32 Å². The molecule has 1 aromatic carbocycles. The average Bonchev–Trinajstić information content (AvgIpc) is 2.27. The molecule has 0 spiro atoms. The van der Waals surface area contributed by atoms with Crippen molar-refractivity contribution in [3.05, 3.63) is 29.8 Å². The highest BCUT2D eigenvalue weighted by atomic mass is 16.5. The van der Waals surface area contributed by atoms with Gasteiger partial charge in [-0.15, -0.1) is 0 Å². The van der Waals surface area contributed by atoms with E-state index in [0.29, 0.717) is 12.0 Å². The largest absolute Gasteiger partial charge is 0.493 e. The standard InChI is InChI=1S/C14H23NO/c1-5-15-12(4)13-7-6-8-14(9-13)16-10-11(2)3/h6-9,11-12,15H,5,10H2,1-4H3. The minimum absolute atomic E-state index is 0.382. The van der Waals surface area contributed by atoms with E-state index in [1.54, 1.807) is 0 Å². The molecule has 0 aromatic heterocycles. The third-order valence-electron chi connectivity index (χ3n) is 2.45. The third kappa shape index (κ3) is 4.23. The van der Waals surface area contributed by atoms with Crippen LogP contribution in [-0.2, 0) is 0 Å². The molecule has 0 aliphatic heterocycles. The number of hydrogen-bond acceptors (Lipinski definition) is 2. The molecule has 0 aliphatic rings. The van der Waals surface area contributed by atoms with E-state index in [1.807, 2.05) is 6.07 Å². The summed E-state index contributed by atoms with van der Waals surface area (Å²) in [5.74, 6) is 1.53. The van der Waals surface area contributed by atoms with Crippen LogP contribution in [-0.4, -0.2) is 13.2 Å². The van der Waals surface area contributed by atoms with E-state index in [0.717, 1.165) is 18.9 Å². The second kappa shape index (κ2) is 6.54. The van der Waals surface area contributed by atoms with Gasteiger partial charge >= 0.3 is 0 Å². The van der Waals surface area contributed by atoms with Crippen molar-refractivity contribution in [2.75, 3.05) is 13.2 Å². The van der Waals surface area contributed by atoms with Gasteiger partial charge in [-0.05, 0) is 37.1 Å². The monoisotopic (exact) mass is 221 g/mol. The molecule has 1 atom stereocenters. The number of nitrogens with one attached hydrogen (secondary N) is 1. The fourth-order valence-electron chi connectivity index (χ4n) is 1.56. The second-order valence-electron chi connectivity index (χ2n) is 4.56. The van der Waals surface area contributed by atoms with Crippen LogP contribution >= 0.6 is 0 Å². The maximum Gasteiger partial charge on any atom is 0.119 e. The number of rotatable bonds is 6. The summed E-state index contributed by atoms with van der Waals surface area (Å²) < 4.78 is 5.71. The summed E-state index contributed by atoms with van der Waals surface area (Å²) in [4.78, 5) is 0. The Kier molecular flexibility index (Phi) is 5.33. The van der Waals surface area contributed by atoms with Crippen molar-refractivity contribution in [3.63, 3.8) is 0 Å². The summed E-state index contributed by atoms with van der Waals surface area (Å²) >= 11 is 0. The summed E-state index contributed by atoms with van der Waals surface area (Å²) in [7, 11) is 0. The average molecular weight is 221 g/mol. The molecule has 2 heteroatoms. The molecule has 0 radical (unpaired) electrons. The molecule has 2 nitrogen and oxygen atoms in total. The maximum atomic E-state index is 5.71. The van der Waals surface area contributed by atoms with Crippen molar-refractivity contribution in [2.24, 2.45) is 5.92 Å². The second-order valence-corrected chi connectivity index (χ2v) is 4.56. The normalized spacial score (nSPS) is 12.8. The molecular weight excluding hydrogens is 198 g/mol. The molecule has 1 unspecified atom stereocenters. The Hall–Kier alpha value is -1.02. The first-order valence-corrected chi connectivity index (χ1v) is 6.09. The van der Waals surface area contributed by atoms with Crippen LogP contribution < -0.4 is 10.1 Å². The molecule has 0 saturated heterocycles. The lowest BCUT2D eigenvalue weighted by atomic mass is 10.1. The van der Waals surface area contributed by atoms with E-state index in [9.17, 15) is 0 Å². The van der Waals surface area contributed by atoms with Crippen LogP contribution in [0.2, 0.25) is 0 Å². The smallest absolute Gasteiger partial charge is 0.119 e. The lowest BCUT2D eigenvalue weighted by Crippen LogP contribution is -2.17. The Morgan fingerprint density at radius 3 is 2.62 bits per heavy atom. The van der Waals surface area contributed by atoms with Gasteiger partial charge in [0, 0.05) is 6.04 Å². The summed E-state index contributed by atoms with van der Waals surface area (Å²) in [6.07, 6.45) is 0. The van der Waals surface area contributed by atoms with Crippen molar-refractivity contribution in [1.29, 1.82) is 0 Å². The zero-order valence-electron chi connectivity index (χ0n) is 10.8. The van der Waals surface area contributed by atoms with Crippen molar-refractivity contribution in [3.8, 4) is 5.75 Å². The van der Waals surface area contributed by atoms with Gasteiger partial charge in [-0.1, -0.05) is 32.9 Å². The number of ether oxygens (including phenoxy) is 1. The lowest BCUT2D eigenvalue weighted by molar-refractivity contribution is 0.270. The van der Waals surface area contributed by atoms with E-state index >= 15 is 0 Å². The summed E-state index contributed by atoms with van der Waals surface area (Å²) in [6, 6.07) is 8.71. The summed E-state index contributed by atoms with van der Waals surface area (Å²) in [5, 5.41) is 3.40. The molecule has 1 N–H and O–H groups in total. The predicted molar refractivity (Wildman–Crippen MR) is 68.9 cm³/mol. The van der Waals surface area contributed by atoms with Crippen LogP contribution in [0.15, 0.2) is 24.3 Å². The molecule has 0 aliphatic carbocycles. The van der Waals surface area contributed by atoms with Gasteiger partial charge in [0.05, 0.1) is 6.61 Å². The van der Waals surface area contributed by atoms with Gasteiger partial charge in [-0.3, -0.25) is 0 Å². The number of benzene rings is 1. The quantitative estimate of drug-likeness (QED) is 0.795. The van der Waals surface area contributed by atoms with Gasteiger partial charge in [-0.2, -0.15) is 0 Å². The van der Waals surface area contributed by atoms with Crippen LogP contribution in [0.1, 0.15) is 39.3 Å². The van der Waals surface area contributed by atoms with Crippen LogP contribution in [0.4, 0.5) is 0 Å². The van der Waals surface area contributed by atoms with Gasteiger partial charge in [0.1, 0.15) is 5.75 Å². The van der Waals surface area contributed by atoms with Gasteiger partial charge < -0.3 is 10.1 Å². The van der Waals surface area contributed by atoms with E-state index in [4.69, 9.17) is 4.74 Å². The van der Waals surface area contributed by atoms with Gasteiger partial charge in [0.25, 0.3) is 0 Å². The van der Waals surface area contributed by atoms with Crippen molar-refractivity contribution >= 4 is 0 Å². The first kappa shape index (κ1) is 13.0. The Bertz CT molecular complexity index is 309. The lowest BCUT2D eigenvalue weighted by Gasteiger charge is -2.15. The summed E-state index contributed by atoms with van der Waals surface area (Å²) in [5.41, 5.74) is 1.28. The molecule has 0 bridgehead atoms. The fraction of sp³-hybridized carbons (Fsp3) is 0.571. The number of hydrogen-bond donors (Lipinski definition) is 1. The van der Waals surface area contributed by atoms with Crippen LogP contribution in [0.3, 0.4) is 0 Å². The predicted octanol–water partition coefficient (Wildman–Crippen LogP) is 3.39. The fourth-order valence-corrected chi connectivity index (χ4v) is 1.56. The molecule has 90 valence electrons. The maximum absolute atomic E-state index is 5.71. The molecule has 0 fully saturated rings. The third-order valence-corrected chi connectivity index (χ3v) is 2.45. The van der Waals surface area contributed by atoms with Crippen LogP contribution in [0.25, 0.3) is 0 Å². The highest BCUT2D eigenvalue weighted by Gasteiger charge is 2.05. The molecule has 0 saturated carbocycles. The van der Waals surface area contributed by atoms with Crippen molar-refractivity contribution in [2.45, 2.75) is 33.7 Å².